The summed E-state index contributed by atoms with van der Waals surface area (Å²) >= 11 is 4.69. The van der Waals surface area contributed by atoms with E-state index in [9.17, 15) is 8.78 Å². The molecule has 2 N–H and O–H groups in total. The molecular weight excluding hydrogens is 296 g/mol. The second-order valence-corrected chi connectivity index (χ2v) is 4.55. The average molecular weight is 309 g/mol. The van der Waals surface area contributed by atoms with E-state index in [4.69, 9.17) is 27.4 Å². The Morgan fingerprint density at radius 1 is 1.14 bits per heavy atom. The minimum Gasteiger partial charge on any atom is -0.490 e. The molecule has 0 aromatic heterocycles. The molecule has 6 heteroatoms. The number of halogens is 2. The molecule has 2 aromatic rings. The Morgan fingerprint density at radius 2 is 1.71 bits per heavy atom. The standard InChI is InChI=1S/C15H13F2NO2S/c1-2-19-12-5-3-4-6-13(12)20-14-10(16)7-9(15(18)21)8-11(14)17/h3-8H,2H2,1H3,(H2,18,21). The molecule has 0 atom stereocenters. The van der Waals surface area contributed by atoms with Gasteiger partial charge in [-0.25, -0.2) is 8.78 Å². The molecule has 0 unspecified atom stereocenters. The van der Waals surface area contributed by atoms with Crippen molar-refractivity contribution >= 4 is 17.2 Å². The van der Waals surface area contributed by atoms with Crippen LogP contribution < -0.4 is 15.2 Å². The molecule has 0 aliphatic heterocycles. The van der Waals surface area contributed by atoms with Crippen molar-refractivity contribution in [2.75, 3.05) is 6.61 Å². The Hall–Kier alpha value is -2.21. The molecule has 0 spiro atoms. The van der Waals surface area contributed by atoms with Crippen LogP contribution in [-0.4, -0.2) is 11.6 Å². The molecule has 0 radical (unpaired) electrons. The summed E-state index contributed by atoms with van der Waals surface area (Å²) in [6.07, 6.45) is 0. The van der Waals surface area contributed by atoms with Crippen LogP contribution in [-0.2, 0) is 0 Å². The monoisotopic (exact) mass is 309 g/mol. The molecule has 0 bridgehead atoms. The highest BCUT2D eigenvalue weighted by Crippen LogP contribution is 2.34. The van der Waals surface area contributed by atoms with Gasteiger partial charge in [0.1, 0.15) is 4.99 Å². The third kappa shape index (κ3) is 3.46. The van der Waals surface area contributed by atoms with Gasteiger partial charge < -0.3 is 15.2 Å². The van der Waals surface area contributed by atoms with Gasteiger partial charge in [-0.2, -0.15) is 0 Å². The average Bonchev–Trinajstić information content (AvgIpc) is 2.44. The topological polar surface area (TPSA) is 44.5 Å². The fourth-order valence-electron chi connectivity index (χ4n) is 1.72. The van der Waals surface area contributed by atoms with Crippen molar-refractivity contribution in [2.45, 2.75) is 6.92 Å². The number of rotatable bonds is 5. The molecular formula is C15H13F2NO2S. The molecule has 0 fully saturated rings. The summed E-state index contributed by atoms with van der Waals surface area (Å²) in [6, 6.07) is 8.69. The van der Waals surface area contributed by atoms with Crippen molar-refractivity contribution in [3.8, 4) is 17.2 Å². The molecule has 0 amide bonds. The van der Waals surface area contributed by atoms with Crippen LogP contribution in [0.1, 0.15) is 12.5 Å². The number of benzene rings is 2. The van der Waals surface area contributed by atoms with E-state index in [1.165, 1.54) is 0 Å². The zero-order valence-electron chi connectivity index (χ0n) is 11.2. The molecule has 0 saturated carbocycles. The minimum absolute atomic E-state index is 0.0888. The smallest absolute Gasteiger partial charge is 0.198 e. The molecule has 110 valence electrons. The fourth-order valence-corrected chi connectivity index (χ4v) is 1.84. The summed E-state index contributed by atoms with van der Waals surface area (Å²) in [5, 5.41) is 0. The highest BCUT2D eigenvalue weighted by Gasteiger charge is 2.16. The molecule has 2 aromatic carbocycles. The Kier molecular flexibility index (Phi) is 4.70. The zero-order valence-corrected chi connectivity index (χ0v) is 12.0. The van der Waals surface area contributed by atoms with Crippen molar-refractivity contribution in [1.29, 1.82) is 0 Å². The summed E-state index contributed by atoms with van der Waals surface area (Å²) in [6.45, 7) is 2.21. The highest BCUT2D eigenvalue weighted by molar-refractivity contribution is 7.80. The van der Waals surface area contributed by atoms with E-state index in [0.29, 0.717) is 12.4 Å². The summed E-state index contributed by atoms with van der Waals surface area (Å²) < 4.78 is 38.5. The maximum Gasteiger partial charge on any atom is 0.198 e. The van der Waals surface area contributed by atoms with E-state index in [1.54, 1.807) is 31.2 Å². The lowest BCUT2D eigenvalue weighted by Crippen LogP contribution is -2.10. The van der Waals surface area contributed by atoms with Crippen LogP contribution in [0.25, 0.3) is 0 Å². The van der Waals surface area contributed by atoms with Crippen molar-refractivity contribution in [3.63, 3.8) is 0 Å². The normalized spacial score (nSPS) is 10.2. The van der Waals surface area contributed by atoms with Gasteiger partial charge in [-0.05, 0) is 31.2 Å². The summed E-state index contributed by atoms with van der Waals surface area (Å²) in [5.41, 5.74) is 5.46. The van der Waals surface area contributed by atoms with Gasteiger partial charge >= 0.3 is 0 Å². The van der Waals surface area contributed by atoms with Crippen LogP contribution in [0, 0.1) is 11.6 Å². The molecule has 21 heavy (non-hydrogen) atoms. The highest BCUT2D eigenvalue weighted by atomic mass is 32.1. The van der Waals surface area contributed by atoms with Gasteiger partial charge in [-0.15, -0.1) is 0 Å². The van der Waals surface area contributed by atoms with Crippen LogP contribution in [0.4, 0.5) is 8.78 Å². The Labute approximate surface area is 126 Å². The largest absolute Gasteiger partial charge is 0.490 e. The first-order chi connectivity index (χ1) is 10.0. The molecule has 0 heterocycles. The van der Waals surface area contributed by atoms with Crippen molar-refractivity contribution in [3.05, 3.63) is 53.6 Å². The van der Waals surface area contributed by atoms with Crippen LogP contribution in [0.15, 0.2) is 36.4 Å². The van der Waals surface area contributed by atoms with Crippen LogP contribution in [0.3, 0.4) is 0 Å². The fraction of sp³-hybridized carbons (Fsp3) is 0.133. The zero-order chi connectivity index (χ0) is 15.4. The predicted octanol–water partition coefficient (Wildman–Crippen LogP) is 3.79. The maximum atomic E-state index is 14.0. The molecule has 0 aliphatic carbocycles. The minimum atomic E-state index is -0.885. The van der Waals surface area contributed by atoms with Crippen LogP contribution >= 0.6 is 12.2 Å². The summed E-state index contributed by atoms with van der Waals surface area (Å²) in [4.78, 5) is -0.0888. The van der Waals surface area contributed by atoms with Gasteiger partial charge in [0.25, 0.3) is 0 Å². The van der Waals surface area contributed by atoms with Crippen molar-refractivity contribution < 1.29 is 18.3 Å². The lowest BCUT2D eigenvalue weighted by molar-refractivity contribution is 0.315. The first kappa shape index (κ1) is 15.2. The van der Waals surface area contributed by atoms with E-state index in [0.717, 1.165) is 12.1 Å². The van der Waals surface area contributed by atoms with Crippen LogP contribution in [0.5, 0.6) is 17.2 Å². The number of hydrogen-bond donors (Lipinski definition) is 1. The van der Waals surface area contributed by atoms with E-state index in [1.807, 2.05) is 0 Å². The second kappa shape index (κ2) is 6.49. The lowest BCUT2D eigenvalue weighted by atomic mass is 10.2. The van der Waals surface area contributed by atoms with Gasteiger partial charge in [0, 0.05) is 5.56 Å². The molecule has 0 saturated heterocycles. The van der Waals surface area contributed by atoms with Gasteiger partial charge in [-0.3, -0.25) is 0 Å². The number of thiocarbonyl (C=S) groups is 1. The molecule has 3 nitrogen and oxygen atoms in total. The predicted molar refractivity (Wildman–Crippen MR) is 79.9 cm³/mol. The van der Waals surface area contributed by atoms with Gasteiger partial charge in [-0.1, -0.05) is 24.4 Å². The number of hydrogen-bond acceptors (Lipinski definition) is 3. The molecule has 2 rings (SSSR count). The maximum absolute atomic E-state index is 14.0. The second-order valence-electron chi connectivity index (χ2n) is 4.12. The van der Waals surface area contributed by atoms with Crippen molar-refractivity contribution in [1.82, 2.24) is 0 Å². The first-order valence-electron chi connectivity index (χ1n) is 6.21. The van der Waals surface area contributed by atoms with Crippen LogP contribution in [0.2, 0.25) is 0 Å². The summed E-state index contributed by atoms with van der Waals surface area (Å²) in [7, 11) is 0. The van der Waals surface area contributed by atoms with E-state index >= 15 is 0 Å². The van der Waals surface area contributed by atoms with E-state index in [2.05, 4.69) is 0 Å². The lowest BCUT2D eigenvalue weighted by Gasteiger charge is -2.13. The first-order valence-corrected chi connectivity index (χ1v) is 6.62. The van der Waals surface area contributed by atoms with Gasteiger partial charge in [0.05, 0.1) is 6.61 Å². The quantitative estimate of drug-likeness (QED) is 0.854. The third-order valence-electron chi connectivity index (χ3n) is 2.64. The van der Waals surface area contributed by atoms with Crippen molar-refractivity contribution in [2.24, 2.45) is 5.73 Å². The number of para-hydroxylation sites is 2. The Balaban J connectivity index is 2.38. The van der Waals surface area contributed by atoms with Gasteiger partial charge in [0.15, 0.2) is 28.9 Å². The Morgan fingerprint density at radius 3 is 2.24 bits per heavy atom. The number of nitrogens with two attached hydrogens (primary N) is 1. The molecule has 0 aliphatic rings. The van der Waals surface area contributed by atoms with E-state index in [-0.39, 0.29) is 16.3 Å². The summed E-state index contributed by atoms with van der Waals surface area (Å²) in [5.74, 6) is -1.67. The third-order valence-corrected chi connectivity index (χ3v) is 2.88. The SMILES string of the molecule is CCOc1ccccc1Oc1c(F)cc(C(N)=S)cc1F. The van der Waals surface area contributed by atoms with E-state index < -0.39 is 17.4 Å². The van der Waals surface area contributed by atoms with Gasteiger partial charge in [0.2, 0.25) is 0 Å². The Bertz CT molecular complexity index is 653. The number of ether oxygens (including phenoxy) is 2.